The van der Waals surface area contributed by atoms with Crippen LogP contribution in [0.4, 0.5) is 21.6 Å². The summed E-state index contributed by atoms with van der Waals surface area (Å²) in [5.41, 5.74) is -1.12. The summed E-state index contributed by atoms with van der Waals surface area (Å²) in [6, 6.07) is 10.3. The van der Waals surface area contributed by atoms with Crippen LogP contribution in [0.15, 0.2) is 56.8 Å². The summed E-state index contributed by atoms with van der Waals surface area (Å²) in [4.78, 5) is 41.2. The van der Waals surface area contributed by atoms with E-state index < -0.39 is 32.8 Å². The fraction of sp³-hybridized carbons (Fsp3) is 0.269. The maximum absolute atomic E-state index is 14.9. The van der Waals surface area contributed by atoms with Gasteiger partial charge in [-0.1, -0.05) is 13.0 Å². The van der Waals surface area contributed by atoms with Gasteiger partial charge >= 0.3 is 5.69 Å². The van der Waals surface area contributed by atoms with E-state index >= 15 is 0 Å². The van der Waals surface area contributed by atoms with E-state index in [0.29, 0.717) is 16.4 Å². The van der Waals surface area contributed by atoms with Crippen LogP contribution in [0, 0.1) is 16.3 Å². The Balaban J connectivity index is 1.85. The van der Waals surface area contributed by atoms with E-state index in [9.17, 15) is 27.2 Å². The number of rotatable bonds is 8. The lowest BCUT2D eigenvalue weighted by atomic mass is 10.1. The molecule has 210 valence electrons. The number of aryl methyl sites for hydroxylation is 1. The normalized spacial score (nSPS) is 13.5. The maximum Gasteiger partial charge on any atom is 0.336 e. The molecule has 1 aliphatic rings. The summed E-state index contributed by atoms with van der Waals surface area (Å²) in [5, 5.41) is 2.95. The highest BCUT2D eigenvalue weighted by Crippen LogP contribution is 2.34. The summed E-state index contributed by atoms with van der Waals surface area (Å²) >= 11 is 1.98. The standard InChI is InChI=1S/C26H26FIN6O5S/c1-4-29-40(38,39)31-16-6-5-7-18(13-16)33-22-14(2)24(35)32(3)23(30-20-11-8-15(28)12-19(20)27)21(22)25(36)34(26(33)37)17-9-10-17/h5-8,11-13,17,29-31H,4,9-10H2,1-3H3. The quantitative estimate of drug-likeness (QED) is 0.245. The van der Waals surface area contributed by atoms with Gasteiger partial charge in [-0.3, -0.25) is 28.0 Å². The van der Waals surface area contributed by atoms with Crippen molar-refractivity contribution in [1.29, 1.82) is 0 Å². The molecule has 3 N–H and O–H groups in total. The monoisotopic (exact) mass is 680 g/mol. The number of hydrogen-bond donors (Lipinski definition) is 3. The highest BCUT2D eigenvalue weighted by atomic mass is 127. The third-order valence-electron chi connectivity index (χ3n) is 6.63. The van der Waals surface area contributed by atoms with Gasteiger partial charge in [0.15, 0.2) is 0 Å². The lowest BCUT2D eigenvalue weighted by molar-refractivity contribution is 0.589. The molecule has 1 aliphatic carbocycles. The predicted molar refractivity (Wildman–Crippen MR) is 161 cm³/mol. The average Bonchev–Trinajstić information content (AvgIpc) is 3.71. The Kier molecular flexibility index (Phi) is 7.35. The summed E-state index contributed by atoms with van der Waals surface area (Å²) < 4.78 is 48.5. The summed E-state index contributed by atoms with van der Waals surface area (Å²) in [6.07, 6.45) is 1.25. The van der Waals surface area contributed by atoms with Gasteiger partial charge in [-0.25, -0.2) is 9.18 Å². The number of hydrogen-bond acceptors (Lipinski definition) is 6. The Morgan fingerprint density at radius 3 is 2.45 bits per heavy atom. The number of nitrogens with one attached hydrogen (secondary N) is 3. The molecule has 0 aliphatic heterocycles. The van der Waals surface area contributed by atoms with Crippen LogP contribution in [0.2, 0.25) is 0 Å². The molecule has 14 heteroatoms. The zero-order chi connectivity index (χ0) is 28.9. The molecule has 0 radical (unpaired) electrons. The van der Waals surface area contributed by atoms with Crippen LogP contribution in [-0.4, -0.2) is 28.7 Å². The van der Waals surface area contributed by atoms with Crippen molar-refractivity contribution in [3.05, 3.63) is 88.6 Å². The molecule has 0 unspecified atom stereocenters. The SMILES string of the molecule is CCNS(=O)(=O)Nc1cccc(-n2c(=O)n(C3CC3)c(=O)c3c(Nc4ccc(I)cc4F)n(C)c(=O)c(C)c32)c1. The molecule has 0 atom stereocenters. The van der Waals surface area contributed by atoms with E-state index in [-0.39, 0.29) is 51.9 Å². The van der Waals surface area contributed by atoms with Crippen molar-refractivity contribution in [2.75, 3.05) is 16.6 Å². The predicted octanol–water partition coefficient (Wildman–Crippen LogP) is 3.25. The van der Waals surface area contributed by atoms with E-state index in [1.54, 1.807) is 25.1 Å². The molecular formula is C26H26FIN6O5S. The topological polar surface area (TPSA) is 136 Å². The highest BCUT2D eigenvalue weighted by molar-refractivity contribution is 14.1. The molecule has 0 spiro atoms. The van der Waals surface area contributed by atoms with Crippen molar-refractivity contribution < 1.29 is 12.8 Å². The van der Waals surface area contributed by atoms with Gasteiger partial charge in [0.25, 0.3) is 21.3 Å². The lowest BCUT2D eigenvalue weighted by Gasteiger charge is -2.21. The van der Waals surface area contributed by atoms with Crippen molar-refractivity contribution >= 4 is 60.9 Å². The second kappa shape index (κ2) is 10.5. The molecule has 1 fully saturated rings. The summed E-state index contributed by atoms with van der Waals surface area (Å²) in [6.45, 7) is 3.32. The van der Waals surface area contributed by atoms with Crippen molar-refractivity contribution in [2.24, 2.45) is 7.05 Å². The second-order valence-electron chi connectivity index (χ2n) is 9.49. The minimum absolute atomic E-state index is 0.0303. The first-order valence-electron chi connectivity index (χ1n) is 12.4. The highest BCUT2D eigenvalue weighted by Gasteiger charge is 2.31. The van der Waals surface area contributed by atoms with Crippen LogP contribution in [0.1, 0.15) is 31.4 Å². The molecule has 40 heavy (non-hydrogen) atoms. The molecule has 0 amide bonds. The second-order valence-corrected chi connectivity index (χ2v) is 12.2. The summed E-state index contributed by atoms with van der Waals surface area (Å²) in [7, 11) is -2.40. The van der Waals surface area contributed by atoms with Gasteiger partial charge in [0.05, 0.1) is 22.6 Å². The molecule has 2 heterocycles. The van der Waals surface area contributed by atoms with E-state index in [1.165, 1.54) is 47.4 Å². The zero-order valence-electron chi connectivity index (χ0n) is 21.8. The molecule has 11 nitrogen and oxygen atoms in total. The smallest absolute Gasteiger partial charge is 0.336 e. The van der Waals surface area contributed by atoms with Crippen molar-refractivity contribution in [2.45, 2.75) is 32.7 Å². The average molecular weight is 681 g/mol. The fourth-order valence-electron chi connectivity index (χ4n) is 4.66. The van der Waals surface area contributed by atoms with E-state index in [0.717, 1.165) is 4.57 Å². The van der Waals surface area contributed by atoms with Crippen molar-refractivity contribution in [3.63, 3.8) is 0 Å². The Morgan fingerprint density at radius 1 is 1.07 bits per heavy atom. The van der Waals surface area contributed by atoms with Gasteiger partial charge in [0, 0.05) is 28.8 Å². The lowest BCUT2D eigenvalue weighted by Crippen LogP contribution is -2.41. The van der Waals surface area contributed by atoms with Crippen molar-refractivity contribution in [3.8, 4) is 5.69 Å². The van der Waals surface area contributed by atoms with Gasteiger partial charge in [-0.15, -0.1) is 0 Å². The number of anilines is 3. The van der Waals surface area contributed by atoms with Gasteiger partial charge in [-0.2, -0.15) is 13.1 Å². The van der Waals surface area contributed by atoms with Gasteiger partial charge in [0.1, 0.15) is 17.0 Å². The number of halogens is 2. The maximum atomic E-state index is 14.9. The first-order chi connectivity index (χ1) is 18.9. The van der Waals surface area contributed by atoms with Gasteiger partial charge in [-0.05, 0) is 78.8 Å². The number of fused-ring (bicyclic) bond motifs is 1. The van der Waals surface area contributed by atoms with Crippen LogP contribution in [0.3, 0.4) is 0 Å². The molecule has 4 aromatic rings. The summed E-state index contributed by atoms with van der Waals surface area (Å²) in [5.74, 6) is -0.549. The molecule has 2 aromatic heterocycles. The number of pyridine rings is 1. The van der Waals surface area contributed by atoms with Crippen LogP contribution in [0.25, 0.3) is 16.6 Å². The zero-order valence-corrected chi connectivity index (χ0v) is 24.8. The van der Waals surface area contributed by atoms with E-state index in [2.05, 4.69) is 14.8 Å². The molecular weight excluding hydrogens is 654 g/mol. The van der Waals surface area contributed by atoms with Crippen LogP contribution in [-0.2, 0) is 17.3 Å². The fourth-order valence-corrected chi connectivity index (χ4v) is 6.01. The Labute approximate surface area is 242 Å². The Hall–Kier alpha value is -3.50. The largest absolute Gasteiger partial charge is 0.338 e. The van der Waals surface area contributed by atoms with E-state index in [1.807, 2.05) is 22.6 Å². The van der Waals surface area contributed by atoms with Crippen LogP contribution in [0.5, 0.6) is 0 Å². The van der Waals surface area contributed by atoms with Crippen LogP contribution < -0.4 is 31.6 Å². The molecule has 2 aromatic carbocycles. The Morgan fingerprint density at radius 2 is 1.80 bits per heavy atom. The molecule has 1 saturated carbocycles. The number of nitrogens with zero attached hydrogens (tertiary/aromatic N) is 3. The third-order valence-corrected chi connectivity index (χ3v) is 8.47. The van der Waals surface area contributed by atoms with Gasteiger partial charge < -0.3 is 5.32 Å². The van der Waals surface area contributed by atoms with Crippen LogP contribution >= 0.6 is 22.6 Å². The first-order valence-corrected chi connectivity index (χ1v) is 15.0. The molecule has 0 saturated heterocycles. The van der Waals surface area contributed by atoms with Crippen molar-refractivity contribution in [1.82, 2.24) is 18.4 Å². The van der Waals surface area contributed by atoms with Gasteiger partial charge in [0.2, 0.25) is 0 Å². The first kappa shape index (κ1) is 28.0. The minimum atomic E-state index is -3.87. The molecule has 5 rings (SSSR count). The minimum Gasteiger partial charge on any atom is -0.338 e. The third kappa shape index (κ3) is 5.06. The number of aromatic nitrogens is 3. The number of benzene rings is 2. The Bertz CT molecular complexity index is 1960. The van der Waals surface area contributed by atoms with E-state index in [4.69, 9.17) is 0 Å². The molecule has 0 bridgehead atoms.